The van der Waals surface area contributed by atoms with E-state index in [2.05, 4.69) is 56.2 Å². The number of nitrogens with zero attached hydrogens (tertiary/aromatic N) is 12. The number of amides is 4. The van der Waals surface area contributed by atoms with E-state index in [4.69, 9.17) is 51.4 Å². The second kappa shape index (κ2) is 39.8. The van der Waals surface area contributed by atoms with Crippen molar-refractivity contribution < 1.29 is 36.7 Å². The van der Waals surface area contributed by atoms with Gasteiger partial charge in [-0.05, 0) is 207 Å². The van der Waals surface area contributed by atoms with Crippen LogP contribution in [0, 0.1) is 71.7 Å². The van der Waals surface area contributed by atoms with E-state index in [1.54, 1.807) is 109 Å². The largest absolute Gasteiger partial charge is 0.322 e. The van der Waals surface area contributed by atoms with Gasteiger partial charge >= 0.3 is 0 Å². The lowest BCUT2D eigenvalue weighted by atomic mass is 10.0. The number of carbonyl (C=O) groups excluding carboxylic acids is 4. The number of fused-ring (bicyclic) bond motifs is 4. The molecule has 20 aromatic rings. The molecule has 0 spiro atoms. The van der Waals surface area contributed by atoms with E-state index in [1.807, 2.05) is 244 Å². The van der Waals surface area contributed by atoms with Crippen LogP contribution >= 0.6 is 46.4 Å². The zero-order valence-corrected chi connectivity index (χ0v) is 78.1. The molecule has 682 valence electrons. The first-order valence-electron chi connectivity index (χ1n) is 43.8. The van der Waals surface area contributed by atoms with Gasteiger partial charge < -0.3 is 21.3 Å². The topological polar surface area (TPSA) is 237 Å². The van der Waals surface area contributed by atoms with Crippen LogP contribution in [0.2, 0.25) is 20.1 Å². The third-order valence-electron chi connectivity index (χ3n) is 23.7. The third-order valence-corrected chi connectivity index (χ3v) is 25.2. The van der Waals surface area contributed by atoms with E-state index in [0.29, 0.717) is 95.0 Å². The fourth-order valence-electron chi connectivity index (χ4n) is 16.1. The molecule has 0 saturated heterocycles. The van der Waals surface area contributed by atoms with Gasteiger partial charge in [0.15, 0.2) is 17.5 Å². The molecule has 0 bridgehead atoms. The Bertz CT molecular complexity index is 7590. The second-order valence-electron chi connectivity index (χ2n) is 33.2. The molecular formula is C110H82Cl4F4N16O4. The van der Waals surface area contributed by atoms with Crippen LogP contribution < -0.4 is 21.3 Å². The third kappa shape index (κ3) is 19.5. The molecule has 4 amide bonds. The first-order valence-corrected chi connectivity index (χ1v) is 45.3. The monoisotopic (exact) mass is 1910 g/mol. The molecule has 1 aliphatic carbocycles. The average Bonchev–Trinajstić information content (AvgIpc) is 1.62. The molecule has 1 fully saturated rings. The Morgan fingerprint density at radius 2 is 0.572 bits per heavy atom. The Hall–Kier alpha value is -16.1. The molecule has 4 N–H and O–H groups in total. The van der Waals surface area contributed by atoms with Crippen LogP contribution in [0.25, 0.3) is 112 Å². The summed E-state index contributed by atoms with van der Waals surface area (Å²) in [5.74, 6) is -1.55. The summed E-state index contributed by atoms with van der Waals surface area (Å²) in [6.45, 7) is 13.4. The number of benzene rings is 8. The number of anilines is 4. The van der Waals surface area contributed by atoms with Crippen LogP contribution in [-0.2, 0) is 0 Å². The van der Waals surface area contributed by atoms with E-state index in [9.17, 15) is 36.7 Å². The molecule has 0 atom stereocenters. The van der Waals surface area contributed by atoms with E-state index >= 15 is 0 Å². The molecule has 138 heavy (non-hydrogen) atoms. The van der Waals surface area contributed by atoms with E-state index in [0.717, 1.165) is 131 Å². The predicted octanol–water partition coefficient (Wildman–Crippen LogP) is 27.5. The molecule has 20 nitrogen and oxygen atoms in total. The molecule has 8 aromatic carbocycles. The Labute approximate surface area is 809 Å². The smallest absolute Gasteiger partial charge is 0.257 e. The Morgan fingerprint density at radius 1 is 0.290 bits per heavy atom. The van der Waals surface area contributed by atoms with Gasteiger partial charge in [0.2, 0.25) is 0 Å². The van der Waals surface area contributed by atoms with Crippen molar-refractivity contribution in [1.82, 2.24) is 57.5 Å². The highest BCUT2D eigenvalue weighted by atomic mass is 35.5. The molecule has 1 aliphatic rings. The van der Waals surface area contributed by atoms with Crippen LogP contribution in [0.15, 0.2) is 317 Å². The Morgan fingerprint density at radius 3 is 0.928 bits per heavy atom. The molecule has 0 radical (unpaired) electrons. The molecule has 28 heteroatoms. The van der Waals surface area contributed by atoms with Crippen molar-refractivity contribution in [2.24, 2.45) is 0 Å². The second-order valence-corrected chi connectivity index (χ2v) is 34.8. The van der Waals surface area contributed by atoms with Gasteiger partial charge in [0.05, 0.1) is 123 Å². The minimum atomic E-state index is -0.944. The summed E-state index contributed by atoms with van der Waals surface area (Å²) in [6.07, 6.45) is 23.1. The lowest BCUT2D eigenvalue weighted by Gasteiger charge is -2.12. The first kappa shape index (κ1) is 92.3. The fourth-order valence-corrected chi connectivity index (χ4v) is 16.9. The SMILES string of the molecule is Cc1ccc(NC(=O)c2cc(-c3cccn4c(-c5cccc(Cl)c5Cl)ncc34)cnc2C)cc1.Cc1ccc(NC(=O)c2cc(-c3cccn4c(-c5cccc(Cl)c5F)ncc34)cnc2C)cc1.Cc1ccc(NC(=O)c2cc(-c3cccn4c(-c5cccc(F)c5Cl)ncc34)cnc2C)cc1.Cc1ccc(NC(=O)c2cc(-c3cccn4c(-c5cccc(F)c5F)ncc34)cnc2C2CC2)cc1. The van der Waals surface area contributed by atoms with Gasteiger partial charge in [0, 0.05) is 134 Å². The van der Waals surface area contributed by atoms with Crippen molar-refractivity contribution in [3.63, 3.8) is 0 Å². The highest BCUT2D eigenvalue weighted by Gasteiger charge is 2.32. The van der Waals surface area contributed by atoms with Crippen molar-refractivity contribution in [2.75, 3.05) is 21.3 Å². The van der Waals surface area contributed by atoms with Crippen molar-refractivity contribution >= 4 is 115 Å². The number of hydrogen-bond acceptors (Lipinski definition) is 12. The summed E-state index contributed by atoms with van der Waals surface area (Å²) in [6, 6.07) is 72.1. The number of nitrogens with one attached hydrogen (secondary N) is 4. The van der Waals surface area contributed by atoms with E-state index in [-0.39, 0.29) is 45.2 Å². The normalized spacial score (nSPS) is 11.6. The standard InChI is InChI=1S/C29H22F2N4O.C27H20Cl2N4O.2C27H20ClFN4O/c1-17-7-11-20(12-8-17)34-29(36)23-14-19(15-32-27(23)18-9-10-18)21-5-3-13-35-25(21)16-33-28(35)22-4-2-6-24(30)26(22)31;1-16-8-10-19(11-9-16)32-27(34)22-13-18(14-30-17(22)2)20-6-4-12-33-24(20)15-31-26(33)21-5-3-7-23(28)25(21)29;1-16-8-10-19(11-9-16)32-27(34)22-13-18(14-30-17(22)2)20-6-4-12-33-24(20)15-31-26(33)21-5-3-7-23(29)25(21)28;1-16-8-10-19(11-9-16)32-27(34)22-13-18(14-30-17(22)2)20-6-4-12-33-24(20)15-31-26(33)21-5-3-7-23(28)25(21)29/h2-8,11-16,18H,9-10H2,1H3,(H,34,36);3*3-15H,1-2H3,(H,32,34). The Balaban J connectivity index is 0.000000122. The number of halogens is 8. The van der Waals surface area contributed by atoms with Gasteiger partial charge in [-0.2, -0.15) is 0 Å². The number of aryl methyl sites for hydroxylation is 7. The number of imidazole rings is 4. The zero-order valence-electron chi connectivity index (χ0n) is 75.0. The van der Waals surface area contributed by atoms with Gasteiger partial charge in [-0.3, -0.25) is 56.7 Å². The molecule has 12 heterocycles. The number of carbonyl (C=O) groups is 4. The maximum Gasteiger partial charge on any atom is 0.257 e. The number of rotatable bonds is 17. The number of aromatic nitrogens is 12. The highest BCUT2D eigenvalue weighted by Crippen LogP contribution is 2.44. The average molecular weight is 1910 g/mol. The van der Waals surface area contributed by atoms with Crippen LogP contribution in [0.3, 0.4) is 0 Å². The number of hydrogen-bond donors (Lipinski definition) is 4. The van der Waals surface area contributed by atoms with Crippen LogP contribution in [0.5, 0.6) is 0 Å². The molecule has 0 aliphatic heterocycles. The van der Waals surface area contributed by atoms with Crippen LogP contribution in [0.1, 0.15) is 105 Å². The predicted molar refractivity (Wildman–Crippen MR) is 538 cm³/mol. The number of pyridine rings is 8. The van der Waals surface area contributed by atoms with Crippen LogP contribution in [-0.4, -0.2) is 81.1 Å². The van der Waals surface area contributed by atoms with Crippen molar-refractivity contribution in [3.05, 3.63) is 428 Å². The lowest BCUT2D eigenvalue weighted by Crippen LogP contribution is -2.15. The minimum absolute atomic E-state index is 0.0208. The lowest BCUT2D eigenvalue weighted by molar-refractivity contribution is 0.101. The van der Waals surface area contributed by atoms with Gasteiger partial charge in [0.25, 0.3) is 23.6 Å². The van der Waals surface area contributed by atoms with Gasteiger partial charge in [-0.15, -0.1) is 0 Å². The molecule has 0 unspecified atom stereocenters. The quantitative estimate of drug-likeness (QED) is 0.0623. The van der Waals surface area contributed by atoms with Gasteiger partial charge in [-0.1, -0.05) is 166 Å². The van der Waals surface area contributed by atoms with Crippen molar-refractivity contribution in [2.45, 2.75) is 67.2 Å². The van der Waals surface area contributed by atoms with Crippen molar-refractivity contribution in [3.8, 4) is 90.1 Å². The van der Waals surface area contributed by atoms with E-state index < -0.39 is 23.3 Å². The summed E-state index contributed by atoms with van der Waals surface area (Å²) < 4.78 is 64.4. The fraction of sp³-hybridized carbons (Fsp3) is 0.0909. The van der Waals surface area contributed by atoms with Gasteiger partial charge in [0.1, 0.15) is 29.1 Å². The summed E-state index contributed by atoms with van der Waals surface area (Å²) in [4.78, 5) is 88.4. The molecular weight excluding hydrogens is 1830 g/mol. The van der Waals surface area contributed by atoms with Crippen molar-refractivity contribution in [1.29, 1.82) is 0 Å². The maximum atomic E-state index is 14.7. The molecule has 21 rings (SSSR count). The van der Waals surface area contributed by atoms with Crippen LogP contribution in [0.4, 0.5) is 40.3 Å². The molecule has 1 saturated carbocycles. The van der Waals surface area contributed by atoms with Gasteiger partial charge in [-0.25, -0.2) is 37.5 Å². The Kier molecular flexibility index (Phi) is 26.6. The minimum Gasteiger partial charge on any atom is -0.322 e. The maximum absolute atomic E-state index is 14.7. The highest BCUT2D eigenvalue weighted by molar-refractivity contribution is 6.43. The van der Waals surface area contributed by atoms with E-state index in [1.165, 1.54) is 24.3 Å². The first-order chi connectivity index (χ1) is 66.7. The summed E-state index contributed by atoms with van der Waals surface area (Å²) in [5, 5.41) is 12.8. The summed E-state index contributed by atoms with van der Waals surface area (Å²) in [7, 11) is 0. The summed E-state index contributed by atoms with van der Waals surface area (Å²) in [5.41, 5.74) is 23.2. The molecule has 12 aromatic heterocycles. The zero-order chi connectivity index (χ0) is 96.3. The summed E-state index contributed by atoms with van der Waals surface area (Å²) >= 11 is 24.9.